The number of carboxylic acids is 1. The van der Waals surface area contributed by atoms with Crippen LogP contribution in [0.15, 0.2) is 78.9 Å². The monoisotopic (exact) mass is 1450 g/mol. The van der Waals surface area contributed by atoms with E-state index in [0.29, 0.717) is 0 Å². The summed E-state index contributed by atoms with van der Waals surface area (Å²) in [7, 11) is 1.47. The van der Waals surface area contributed by atoms with E-state index in [9.17, 15) is 75.0 Å². The Morgan fingerprint density at radius 2 is 1.32 bits per heavy atom. The number of carboxylic acid groups (broad SMARTS) is 1. The number of aliphatic hydroxyl groups excluding tert-OH is 6. The average molecular weight is 1450 g/mol. The van der Waals surface area contributed by atoms with Gasteiger partial charge in [0.15, 0.2) is 29.9 Å². The highest BCUT2D eigenvalue weighted by molar-refractivity contribution is 6.32. The summed E-state index contributed by atoms with van der Waals surface area (Å²) in [5.74, 6) is -16.0. The van der Waals surface area contributed by atoms with E-state index in [1.165, 1.54) is 33.0 Å². The molecule has 35 heteroatoms. The number of nitrogens with one attached hydrogen (secondary N) is 7. The molecule has 7 aliphatic rings. The van der Waals surface area contributed by atoms with Crippen LogP contribution >= 0.6 is 23.2 Å². The molecule has 2 fully saturated rings. The molecule has 0 saturated carbocycles. The van der Waals surface area contributed by atoms with Gasteiger partial charge >= 0.3 is 5.97 Å². The second kappa shape index (κ2) is 30.2. The largest absolute Gasteiger partial charge is 0.508 e. The zero-order valence-corrected chi connectivity index (χ0v) is 55.8. The minimum absolute atomic E-state index is 0.0975. The average Bonchev–Trinajstić information content (AvgIpc) is 0.775. The van der Waals surface area contributed by atoms with Gasteiger partial charge in [0.1, 0.15) is 89.5 Å². The van der Waals surface area contributed by atoms with Crippen molar-refractivity contribution in [1.29, 1.82) is 0 Å². The van der Waals surface area contributed by atoms with E-state index < -0.39 is 237 Å². The Bertz CT molecular complexity index is 4070. The van der Waals surface area contributed by atoms with E-state index in [-0.39, 0.29) is 46.2 Å². The predicted molar refractivity (Wildman–Crippen MR) is 349 cm³/mol. The number of carbonyl (C=O) groups is 8. The third-order valence-corrected chi connectivity index (χ3v) is 18.4. The number of phenolic OH excluding ortho intramolecular Hbond substituents is 3. The third kappa shape index (κ3) is 15.8. The van der Waals surface area contributed by atoms with Crippen molar-refractivity contribution in [2.45, 2.75) is 156 Å². The second-order valence-corrected chi connectivity index (χ2v) is 26.5. The van der Waals surface area contributed by atoms with Crippen LogP contribution in [0.2, 0.25) is 10.0 Å². The van der Waals surface area contributed by atoms with Crippen LogP contribution in [0.25, 0.3) is 11.1 Å². The maximum absolute atomic E-state index is 16.0. The molecule has 0 unspecified atom stereocenters. The number of fused-ring (bicyclic) bond motifs is 15. The van der Waals surface area contributed by atoms with Crippen LogP contribution in [0.5, 0.6) is 46.0 Å². The lowest BCUT2D eigenvalue weighted by Gasteiger charge is -2.47. The summed E-state index contributed by atoms with van der Waals surface area (Å²) in [6.07, 6.45) is -18.6. The lowest BCUT2D eigenvalue weighted by Crippen LogP contribution is -2.64. The summed E-state index contributed by atoms with van der Waals surface area (Å²) in [6, 6.07) is -0.679. The Hall–Kier alpha value is -9.20. The number of likely N-dealkylation sites (N-methyl/N-ethyl adjacent to an activating group) is 1. The molecule has 0 aliphatic carbocycles. The van der Waals surface area contributed by atoms with Gasteiger partial charge in [-0.05, 0) is 110 Å². The van der Waals surface area contributed by atoms with Crippen LogP contribution in [-0.2, 0) is 52.6 Å². The normalized spacial score (nSPS) is 29.4. The number of primary amides is 1. The quantitative estimate of drug-likeness (QED) is 0.0743. The first-order valence-electron chi connectivity index (χ1n) is 31.6. The maximum atomic E-state index is 16.0. The summed E-state index contributed by atoms with van der Waals surface area (Å²) in [4.78, 5) is 117. The van der Waals surface area contributed by atoms with E-state index >= 15 is 14.4 Å². The Labute approximate surface area is 584 Å². The molecule has 18 atom stereocenters. The lowest BCUT2D eigenvalue weighted by atomic mass is 9.86. The Morgan fingerprint density at radius 3 is 1.90 bits per heavy atom. The second-order valence-electron chi connectivity index (χ2n) is 25.7. The van der Waals surface area contributed by atoms with Crippen molar-refractivity contribution in [2.75, 3.05) is 13.7 Å². The van der Waals surface area contributed by atoms with Crippen molar-refractivity contribution in [3.05, 3.63) is 117 Å². The Morgan fingerprint density at radius 1 is 0.713 bits per heavy atom. The lowest BCUT2D eigenvalue weighted by molar-refractivity contribution is -0.333. The number of aliphatic carboxylic acids is 1. The Balaban J connectivity index is 1.24. The highest BCUT2D eigenvalue weighted by Gasteiger charge is 2.51. The smallest absolute Gasteiger partial charge is 0.330 e. The number of hydrogen-bond acceptors (Lipinski definition) is 25. The number of benzene rings is 5. The molecule has 101 heavy (non-hydrogen) atoms. The highest BCUT2D eigenvalue weighted by Crippen LogP contribution is 2.50. The molecular weight excluding hydrogens is 1370 g/mol. The molecule has 21 N–H and O–H groups in total. The number of ether oxygens (including phenoxy) is 6. The molecule has 542 valence electrons. The number of hydrogen-bond donors (Lipinski definition) is 19. The van der Waals surface area contributed by atoms with Crippen molar-refractivity contribution in [1.82, 2.24) is 37.2 Å². The number of aliphatic hydroxyl groups is 6. The predicted octanol–water partition coefficient (Wildman–Crippen LogP) is 0.106. The SMILES string of the molecule is CN[C@H](CC(C)C)C(=O)N[C@H]1C(=O)N[C@@H](CC(N)=O)C(=O)N[C@H]2C(=O)N[C@H]3C(=O)N[C@H](C(=O)N[C@H](C(=O)O)c4cc(O)cc(O)c4-c4cc3ccc4O)[C@H](O)c3ccc(c(Cl)c3)Oc3cc2cc(c3O[C@@H]2O[C@@H](CO)[C@H](O)[C@H](O)[C@@H]2O[C@H]2C[C@](C)(N)[C@H](O)[C@H](C)O2)Oc2ccc(cc2Cl)[C@H]1O. The van der Waals surface area contributed by atoms with Crippen molar-refractivity contribution in [2.24, 2.45) is 17.4 Å². The van der Waals surface area contributed by atoms with E-state index in [1.807, 2.05) is 13.8 Å². The molecule has 7 heterocycles. The van der Waals surface area contributed by atoms with E-state index in [0.717, 1.165) is 66.7 Å². The van der Waals surface area contributed by atoms with E-state index in [4.69, 9.17) is 63.1 Å². The minimum Gasteiger partial charge on any atom is -0.508 e. The fourth-order valence-electron chi connectivity index (χ4n) is 12.5. The highest BCUT2D eigenvalue weighted by atomic mass is 35.5. The van der Waals surface area contributed by atoms with Gasteiger partial charge in [0.25, 0.3) is 0 Å². The molecule has 0 radical (unpaired) electrons. The van der Waals surface area contributed by atoms with Crippen LogP contribution in [0.3, 0.4) is 0 Å². The number of phenols is 3. The van der Waals surface area contributed by atoms with E-state index in [2.05, 4.69) is 37.2 Å². The van der Waals surface area contributed by atoms with Gasteiger partial charge < -0.3 is 128 Å². The van der Waals surface area contributed by atoms with Crippen LogP contribution in [-0.4, -0.2) is 191 Å². The van der Waals surface area contributed by atoms with E-state index in [1.54, 1.807) is 0 Å². The third-order valence-electron chi connectivity index (χ3n) is 17.8. The Kier molecular flexibility index (Phi) is 22.2. The number of nitrogens with two attached hydrogens (primary N) is 2. The summed E-state index contributed by atoms with van der Waals surface area (Å²) < 4.78 is 38.3. The number of carbonyl (C=O) groups excluding carboxylic acids is 7. The molecule has 0 spiro atoms. The zero-order valence-electron chi connectivity index (χ0n) is 54.3. The van der Waals surface area contributed by atoms with Crippen LogP contribution in [0.4, 0.5) is 0 Å². The van der Waals surface area contributed by atoms with Crippen molar-refractivity contribution in [3.8, 4) is 57.1 Å². The molecule has 33 nitrogen and oxygen atoms in total. The van der Waals surface area contributed by atoms with Gasteiger partial charge in [0.05, 0.1) is 41.3 Å². The molecular formula is C66H75Cl2N9O24. The summed E-state index contributed by atoms with van der Waals surface area (Å²) in [5, 5.41) is 131. The van der Waals surface area contributed by atoms with Crippen LogP contribution in [0, 0.1) is 5.92 Å². The van der Waals surface area contributed by atoms with Gasteiger partial charge in [-0.15, -0.1) is 0 Å². The number of rotatable bonds is 13. The van der Waals surface area contributed by atoms with Gasteiger partial charge in [-0.3, -0.25) is 33.6 Å². The molecule has 2 saturated heterocycles. The standard InChI is InChI=1S/C66H75Cl2N9O24/c1-23(2)12-34(71-5)58(88)76-49-51(83)26-7-10-38(32(67)14-26)97-40-16-28-17-41(55(40)101-65-56(54(86)53(85)42(22-78)99-65)100-44-21-66(4,70)57(87)24(3)96-44)98-39-11-8-27(15-33(39)68)52(84)50-63(93)75-48(64(94)95)31-18-29(79)19-37(81)45(31)30-13-25(6-9-36(30)80)46(60(90)77-50)74-61(91)47(28)73-59(89)35(20-43(69)82)72-62(49)92/h6-11,13-19,23-24,34-35,42,44,46-54,56-57,65,71,78-81,83-87H,12,20-22,70H2,1-5H3,(H2,69,82)(H,72,92)(H,73,89)(H,74,91)(H,75,93)(H,76,88)(H,77,90)(H,94,95)/t24-,34+,35-,42-,44-,46+,47+,48-,49+,50-,51+,52+,53-,54-,56-,57+,65-,66-/m0/s1. The zero-order chi connectivity index (χ0) is 73.5. The van der Waals surface area contributed by atoms with Crippen LogP contribution in [0.1, 0.15) is 105 Å². The number of halogens is 2. The van der Waals surface area contributed by atoms with Crippen molar-refractivity contribution < 1.29 is 118 Å². The van der Waals surface area contributed by atoms with Gasteiger partial charge in [0, 0.05) is 34.7 Å². The molecule has 0 aromatic heterocycles. The summed E-state index contributed by atoms with van der Waals surface area (Å²) in [5.41, 5.74) is 8.00. The van der Waals surface area contributed by atoms with Gasteiger partial charge in [0.2, 0.25) is 53.4 Å². The molecule has 5 aromatic carbocycles. The van der Waals surface area contributed by atoms with Crippen LogP contribution < -0.4 is 62.9 Å². The molecule has 7 amide bonds. The molecule has 7 aliphatic heterocycles. The van der Waals surface area contributed by atoms with Crippen molar-refractivity contribution >= 4 is 70.5 Å². The van der Waals surface area contributed by atoms with Gasteiger partial charge in [-0.1, -0.05) is 55.2 Å². The fourth-order valence-corrected chi connectivity index (χ4v) is 12.9. The molecule has 11 bridgehead atoms. The summed E-state index contributed by atoms with van der Waals surface area (Å²) in [6.45, 7) is 5.66. The number of amides is 7. The molecule has 5 aromatic rings. The summed E-state index contributed by atoms with van der Waals surface area (Å²) >= 11 is 14.1. The van der Waals surface area contributed by atoms with Crippen molar-refractivity contribution in [3.63, 3.8) is 0 Å². The fraction of sp³-hybridized carbons (Fsp3) is 0.424. The minimum atomic E-state index is -2.35. The maximum Gasteiger partial charge on any atom is 0.330 e. The van der Waals surface area contributed by atoms with Gasteiger partial charge in [-0.25, -0.2) is 4.79 Å². The van der Waals surface area contributed by atoms with Gasteiger partial charge in [-0.2, -0.15) is 0 Å². The molecule has 12 rings (SSSR count). The topological polar surface area (TPSA) is 530 Å². The first-order chi connectivity index (χ1) is 47.7. The first kappa shape index (κ1) is 74.5. The number of aromatic hydroxyl groups is 3. The first-order valence-corrected chi connectivity index (χ1v) is 32.4.